The number of benzene rings is 1. The van der Waals surface area contributed by atoms with E-state index in [2.05, 4.69) is 46.9 Å². The van der Waals surface area contributed by atoms with Crippen molar-refractivity contribution in [2.45, 2.75) is 33.7 Å². The normalized spacial score (nSPS) is 12.5. The molecule has 0 heterocycles. The predicted octanol–water partition coefficient (Wildman–Crippen LogP) is 3.81. The van der Waals surface area contributed by atoms with E-state index in [9.17, 15) is 10.1 Å². The first kappa shape index (κ1) is 16.9. The summed E-state index contributed by atoms with van der Waals surface area (Å²) in [6.45, 7) is 11.1. The summed E-state index contributed by atoms with van der Waals surface area (Å²) in [4.78, 5) is 12.9. The zero-order valence-electron chi connectivity index (χ0n) is 12.4. The van der Waals surface area contributed by atoms with E-state index in [1.165, 1.54) is 0 Å². The van der Waals surface area contributed by atoms with Gasteiger partial charge in [0.25, 0.3) is 5.69 Å². The van der Waals surface area contributed by atoms with Crippen LogP contribution >= 0.6 is 15.9 Å². The van der Waals surface area contributed by atoms with Crippen molar-refractivity contribution in [3.8, 4) is 0 Å². The van der Waals surface area contributed by atoms with Crippen LogP contribution in [0.1, 0.15) is 26.3 Å². The average molecular weight is 344 g/mol. The van der Waals surface area contributed by atoms with E-state index < -0.39 is 0 Å². The highest BCUT2D eigenvalue weighted by Crippen LogP contribution is 2.31. The fourth-order valence-corrected chi connectivity index (χ4v) is 2.60. The Labute approximate surface area is 128 Å². The molecular weight excluding hydrogens is 322 g/mol. The minimum atomic E-state index is -0.358. The summed E-state index contributed by atoms with van der Waals surface area (Å²) in [5, 5.41) is 14.3. The molecule has 6 heteroatoms. The quantitative estimate of drug-likeness (QED) is 0.604. The fourth-order valence-electron chi connectivity index (χ4n) is 2.16. The highest BCUT2D eigenvalue weighted by atomic mass is 79.9. The molecule has 5 nitrogen and oxygen atoms in total. The summed E-state index contributed by atoms with van der Waals surface area (Å²) >= 11 is 3.40. The van der Waals surface area contributed by atoms with Crippen LogP contribution in [-0.4, -0.2) is 35.5 Å². The Balaban J connectivity index is 2.82. The SMILES string of the molecule is CCN(CC)CC(C)Nc1cc(C)c([N+](=O)[O-])cc1Br. The number of nitrogens with zero attached hydrogens (tertiary/aromatic N) is 2. The number of rotatable bonds is 7. The Bertz CT molecular complexity index is 476. The van der Waals surface area contributed by atoms with Crippen LogP contribution in [0, 0.1) is 17.0 Å². The van der Waals surface area contributed by atoms with Crippen LogP contribution in [0.2, 0.25) is 0 Å². The molecule has 0 aromatic heterocycles. The van der Waals surface area contributed by atoms with Crippen molar-refractivity contribution < 1.29 is 4.92 Å². The van der Waals surface area contributed by atoms with E-state index in [4.69, 9.17) is 0 Å². The van der Waals surface area contributed by atoms with Crippen LogP contribution in [0.15, 0.2) is 16.6 Å². The third-order valence-corrected chi connectivity index (χ3v) is 3.97. The molecule has 0 saturated heterocycles. The maximum atomic E-state index is 10.9. The molecule has 1 N–H and O–H groups in total. The van der Waals surface area contributed by atoms with Gasteiger partial charge in [0, 0.05) is 34.4 Å². The molecule has 0 spiro atoms. The van der Waals surface area contributed by atoms with Gasteiger partial charge in [-0.25, -0.2) is 0 Å². The van der Waals surface area contributed by atoms with Crippen molar-refractivity contribution in [2.24, 2.45) is 0 Å². The number of anilines is 1. The number of halogens is 1. The number of likely N-dealkylation sites (N-methyl/N-ethyl adjacent to an activating group) is 1. The van der Waals surface area contributed by atoms with Crippen molar-refractivity contribution >= 4 is 27.3 Å². The Morgan fingerprint density at radius 2 is 2.00 bits per heavy atom. The number of nitro benzene ring substituents is 1. The van der Waals surface area contributed by atoms with Gasteiger partial charge in [0.2, 0.25) is 0 Å². The maximum Gasteiger partial charge on any atom is 0.273 e. The van der Waals surface area contributed by atoms with E-state index in [1.807, 2.05) is 6.07 Å². The molecule has 0 fully saturated rings. The van der Waals surface area contributed by atoms with Crippen molar-refractivity contribution in [1.82, 2.24) is 4.90 Å². The van der Waals surface area contributed by atoms with Crippen molar-refractivity contribution in [3.63, 3.8) is 0 Å². The van der Waals surface area contributed by atoms with Gasteiger partial charge < -0.3 is 10.2 Å². The van der Waals surface area contributed by atoms with Gasteiger partial charge in [0.05, 0.1) is 4.92 Å². The van der Waals surface area contributed by atoms with E-state index in [-0.39, 0.29) is 16.7 Å². The van der Waals surface area contributed by atoms with Gasteiger partial charge >= 0.3 is 0 Å². The number of nitro groups is 1. The molecule has 0 bridgehead atoms. The Kier molecular flexibility index (Phi) is 6.42. The summed E-state index contributed by atoms with van der Waals surface area (Å²) in [5.41, 5.74) is 1.70. The first-order chi connectivity index (χ1) is 9.38. The first-order valence-corrected chi connectivity index (χ1v) is 7.61. The highest BCUT2D eigenvalue weighted by Gasteiger charge is 2.15. The molecule has 1 unspecified atom stereocenters. The Hall–Kier alpha value is -1.14. The Morgan fingerprint density at radius 1 is 1.40 bits per heavy atom. The molecule has 0 amide bonds. The molecule has 1 aromatic carbocycles. The predicted molar refractivity (Wildman–Crippen MR) is 86.4 cm³/mol. The minimum absolute atomic E-state index is 0.138. The zero-order chi connectivity index (χ0) is 15.3. The monoisotopic (exact) mass is 343 g/mol. The van der Waals surface area contributed by atoms with Crippen LogP contribution in [0.5, 0.6) is 0 Å². The lowest BCUT2D eigenvalue weighted by Gasteiger charge is -2.24. The van der Waals surface area contributed by atoms with Gasteiger partial charge in [-0.3, -0.25) is 10.1 Å². The highest BCUT2D eigenvalue weighted by molar-refractivity contribution is 9.10. The molecule has 0 radical (unpaired) electrons. The number of nitrogens with one attached hydrogen (secondary N) is 1. The van der Waals surface area contributed by atoms with Crippen molar-refractivity contribution in [1.29, 1.82) is 0 Å². The lowest BCUT2D eigenvalue weighted by molar-refractivity contribution is -0.385. The van der Waals surface area contributed by atoms with E-state index in [0.717, 1.165) is 29.8 Å². The number of hydrogen-bond donors (Lipinski definition) is 1. The van der Waals surface area contributed by atoms with Gasteiger partial charge in [-0.2, -0.15) is 0 Å². The third-order valence-electron chi connectivity index (χ3n) is 3.31. The molecule has 1 aromatic rings. The van der Waals surface area contributed by atoms with Crippen LogP contribution in [0.3, 0.4) is 0 Å². The zero-order valence-corrected chi connectivity index (χ0v) is 14.0. The third kappa shape index (κ3) is 4.45. The van der Waals surface area contributed by atoms with Crippen LogP contribution in [0.25, 0.3) is 0 Å². The summed E-state index contributed by atoms with van der Waals surface area (Å²) in [5.74, 6) is 0. The average Bonchev–Trinajstić information content (AvgIpc) is 2.39. The van der Waals surface area contributed by atoms with Crippen LogP contribution < -0.4 is 5.32 Å². The van der Waals surface area contributed by atoms with Crippen LogP contribution in [0.4, 0.5) is 11.4 Å². The summed E-state index contributed by atoms with van der Waals surface area (Å²) < 4.78 is 0.723. The summed E-state index contributed by atoms with van der Waals surface area (Å²) in [7, 11) is 0. The van der Waals surface area contributed by atoms with E-state index in [1.54, 1.807) is 13.0 Å². The lowest BCUT2D eigenvalue weighted by atomic mass is 10.1. The van der Waals surface area contributed by atoms with Gasteiger partial charge in [-0.1, -0.05) is 13.8 Å². The summed E-state index contributed by atoms with van der Waals surface area (Å²) in [6, 6.07) is 3.65. The van der Waals surface area contributed by atoms with Crippen LogP contribution in [-0.2, 0) is 0 Å². The molecule has 0 saturated carbocycles. The maximum absolute atomic E-state index is 10.9. The smallest absolute Gasteiger partial charge is 0.273 e. The van der Waals surface area contributed by atoms with Gasteiger partial charge in [-0.05, 0) is 48.9 Å². The van der Waals surface area contributed by atoms with E-state index >= 15 is 0 Å². The second-order valence-corrected chi connectivity index (χ2v) is 5.76. The topological polar surface area (TPSA) is 58.4 Å². The second-order valence-electron chi connectivity index (χ2n) is 4.91. The standard InChI is InChI=1S/C14H22BrN3O2/c1-5-17(6-2)9-11(4)16-13-7-10(3)14(18(19)20)8-12(13)15/h7-8,11,16H,5-6,9H2,1-4H3. The van der Waals surface area contributed by atoms with Gasteiger partial charge in [0.1, 0.15) is 0 Å². The van der Waals surface area contributed by atoms with E-state index in [0.29, 0.717) is 5.56 Å². The summed E-state index contributed by atoms with van der Waals surface area (Å²) in [6.07, 6.45) is 0. The largest absolute Gasteiger partial charge is 0.380 e. The fraction of sp³-hybridized carbons (Fsp3) is 0.571. The molecule has 0 aliphatic carbocycles. The number of aryl methyl sites for hydroxylation is 1. The minimum Gasteiger partial charge on any atom is -0.380 e. The molecule has 20 heavy (non-hydrogen) atoms. The second kappa shape index (κ2) is 7.59. The molecule has 0 aliphatic heterocycles. The van der Waals surface area contributed by atoms with Crippen molar-refractivity contribution in [2.75, 3.05) is 25.0 Å². The molecule has 112 valence electrons. The van der Waals surface area contributed by atoms with Gasteiger partial charge in [-0.15, -0.1) is 0 Å². The molecule has 1 rings (SSSR count). The Morgan fingerprint density at radius 3 is 2.50 bits per heavy atom. The molecular formula is C14H22BrN3O2. The molecule has 1 atom stereocenters. The molecule has 0 aliphatic rings. The number of hydrogen-bond acceptors (Lipinski definition) is 4. The van der Waals surface area contributed by atoms with Crippen molar-refractivity contribution in [3.05, 3.63) is 32.3 Å². The van der Waals surface area contributed by atoms with Gasteiger partial charge in [0.15, 0.2) is 0 Å². The lowest BCUT2D eigenvalue weighted by Crippen LogP contribution is -2.34. The first-order valence-electron chi connectivity index (χ1n) is 6.82.